The molecular weight excluding hydrogens is 394 g/mol. The van der Waals surface area contributed by atoms with Gasteiger partial charge in [-0.3, -0.25) is 20.4 Å². The zero-order valence-corrected chi connectivity index (χ0v) is 16.9. The van der Waals surface area contributed by atoms with Gasteiger partial charge in [-0.2, -0.15) is 0 Å². The molecule has 7 nitrogen and oxygen atoms in total. The number of aromatic nitrogens is 2. The molecule has 9 heteroatoms. The summed E-state index contributed by atoms with van der Waals surface area (Å²) in [4.78, 5) is 24.2. The van der Waals surface area contributed by atoms with Gasteiger partial charge in [-0.25, -0.2) is 0 Å². The molecular formula is C19H19N5O2S2. The highest BCUT2D eigenvalue weighted by Gasteiger charge is 2.18. The van der Waals surface area contributed by atoms with Crippen molar-refractivity contribution in [1.29, 1.82) is 0 Å². The highest BCUT2D eigenvalue weighted by molar-refractivity contribution is 8.02. The van der Waals surface area contributed by atoms with Crippen LogP contribution >= 0.6 is 23.1 Å². The maximum absolute atomic E-state index is 12.2. The summed E-state index contributed by atoms with van der Waals surface area (Å²) in [6, 6.07) is 16.6. The summed E-state index contributed by atoms with van der Waals surface area (Å²) >= 11 is 2.64. The molecule has 1 heterocycles. The normalized spacial score (nSPS) is 11.5. The zero-order chi connectivity index (χ0) is 19.9. The molecule has 3 N–H and O–H groups in total. The number of nitrogens with one attached hydrogen (secondary N) is 3. The highest BCUT2D eigenvalue weighted by atomic mass is 32.2. The van der Waals surface area contributed by atoms with Gasteiger partial charge in [0, 0.05) is 11.3 Å². The summed E-state index contributed by atoms with van der Waals surface area (Å²) in [6.45, 7) is 3.77. The van der Waals surface area contributed by atoms with Crippen LogP contribution in [0, 0.1) is 6.92 Å². The number of carbonyl (C=O) groups excluding carboxylic acids is 2. The number of hydrogen-bond donors (Lipinski definition) is 3. The molecule has 2 aromatic carbocycles. The maximum atomic E-state index is 12.2. The molecule has 1 aromatic heterocycles. The van der Waals surface area contributed by atoms with Gasteiger partial charge < -0.3 is 5.32 Å². The van der Waals surface area contributed by atoms with Crippen molar-refractivity contribution >= 4 is 45.7 Å². The summed E-state index contributed by atoms with van der Waals surface area (Å²) < 4.78 is 0.659. The predicted molar refractivity (Wildman–Crippen MR) is 112 cm³/mol. The number of thioether (sulfide) groups is 1. The lowest BCUT2D eigenvalue weighted by molar-refractivity contribution is -0.121. The smallest absolute Gasteiger partial charge is 0.269 e. The largest absolute Gasteiger partial charge is 0.330 e. The first-order valence-electron chi connectivity index (χ1n) is 8.50. The fourth-order valence-corrected chi connectivity index (χ4v) is 4.07. The molecule has 3 aromatic rings. The van der Waals surface area contributed by atoms with Gasteiger partial charge in [-0.05, 0) is 38.1 Å². The lowest BCUT2D eigenvalue weighted by Crippen LogP contribution is -2.44. The minimum atomic E-state index is -0.448. The van der Waals surface area contributed by atoms with Crippen LogP contribution in [0.2, 0.25) is 0 Å². The van der Waals surface area contributed by atoms with E-state index in [1.165, 1.54) is 28.7 Å². The first-order valence-corrected chi connectivity index (χ1v) is 10.2. The molecule has 1 atom stereocenters. The number of anilines is 2. The van der Waals surface area contributed by atoms with E-state index < -0.39 is 5.25 Å². The molecule has 0 spiro atoms. The van der Waals surface area contributed by atoms with Crippen molar-refractivity contribution < 1.29 is 9.59 Å². The van der Waals surface area contributed by atoms with Crippen molar-refractivity contribution in [1.82, 2.24) is 21.0 Å². The Morgan fingerprint density at radius 3 is 2.43 bits per heavy atom. The lowest BCUT2D eigenvalue weighted by atomic mass is 10.2. The van der Waals surface area contributed by atoms with Gasteiger partial charge >= 0.3 is 0 Å². The second-order valence-electron chi connectivity index (χ2n) is 5.93. The van der Waals surface area contributed by atoms with Crippen molar-refractivity contribution in [3.05, 3.63) is 65.7 Å². The zero-order valence-electron chi connectivity index (χ0n) is 15.3. The molecule has 0 aliphatic carbocycles. The number of rotatable bonds is 6. The van der Waals surface area contributed by atoms with E-state index in [1.807, 2.05) is 37.3 Å². The van der Waals surface area contributed by atoms with Crippen LogP contribution in [0.15, 0.2) is 58.9 Å². The van der Waals surface area contributed by atoms with Gasteiger partial charge in [0.1, 0.15) is 0 Å². The Balaban J connectivity index is 1.49. The predicted octanol–water partition coefficient (Wildman–Crippen LogP) is 3.53. The first-order chi connectivity index (χ1) is 13.5. The number of benzene rings is 2. The van der Waals surface area contributed by atoms with Gasteiger partial charge in [-0.15, -0.1) is 10.2 Å². The number of nitrogens with zero attached hydrogens (tertiary/aromatic N) is 2. The molecule has 0 bridgehead atoms. The van der Waals surface area contributed by atoms with Crippen molar-refractivity contribution in [3.63, 3.8) is 0 Å². The topological polar surface area (TPSA) is 96.0 Å². The van der Waals surface area contributed by atoms with Crippen LogP contribution in [-0.2, 0) is 4.79 Å². The molecule has 0 saturated heterocycles. The third-order valence-corrected chi connectivity index (χ3v) is 5.71. The number of amides is 2. The van der Waals surface area contributed by atoms with Crippen LogP contribution in [0.1, 0.15) is 22.8 Å². The van der Waals surface area contributed by atoms with Crippen LogP contribution in [0.5, 0.6) is 0 Å². The van der Waals surface area contributed by atoms with Crippen LogP contribution in [0.3, 0.4) is 0 Å². The van der Waals surface area contributed by atoms with Crippen LogP contribution in [0.25, 0.3) is 0 Å². The van der Waals surface area contributed by atoms with E-state index in [1.54, 1.807) is 31.2 Å². The molecule has 0 aliphatic heterocycles. The van der Waals surface area contributed by atoms with Crippen molar-refractivity contribution in [2.24, 2.45) is 0 Å². The first kappa shape index (κ1) is 19.8. The van der Waals surface area contributed by atoms with Crippen molar-refractivity contribution in [3.8, 4) is 0 Å². The molecule has 0 fully saturated rings. The summed E-state index contributed by atoms with van der Waals surface area (Å²) in [5.41, 5.74) is 7.42. The molecule has 28 heavy (non-hydrogen) atoms. The van der Waals surface area contributed by atoms with Crippen molar-refractivity contribution in [2.75, 3.05) is 5.32 Å². The second kappa shape index (κ2) is 9.34. The van der Waals surface area contributed by atoms with Crippen molar-refractivity contribution in [2.45, 2.75) is 23.4 Å². The van der Waals surface area contributed by atoms with E-state index in [4.69, 9.17) is 0 Å². The Hall–Kier alpha value is -2.91. The average Bonchev–Trinajstić information content (AvgIpc) is 3.15. The molecule has 3 rings (SSSR count). The Morgan fingerprint density at radius 2 is 1.71 bits per heavy atom. The van der Waals surface area contributed by atoms with E-state index in [0.717, 1.165) is 5.69 Å². The number of hydrogen-bond acceptors (Lipinski definition) is 7. The van der Waals surface area contributed by atoms with E-state index in [9.17, 15) is 9.59 Å². The Labute approximate surface area is 170 Å². The Morgan fingerprint density at radius 1 is 1.00 bits per heavy atom. The molecule has 0 saturated carbocycles. The summed E-state index contributed by atoms with van der Waals surface area (Å²) in [7, 11) is 0. The highest BCUT2D eigenvalue weighted by Crippen LogP contribution is 2.30. The fraction of sp³-hybridized carbons (Fsp3) is 0.158. The van der Waals surface area contributed by atoms with Gasteiger partial charge in [0.2, 0.25) is 5.13 Å². The lowest BCUT2D eigenvalue weighted by Gasteiger charge is -2.11. The van der Waals surface area contributed by atoms with Gasteiger partial charge in [0.05, 0.1) is 5.25 Å². The maximum Gasteiger partial charge on any atom is 0.269 e. The number of aryl methyl sites for hydroxylation is 1. The molecule has 0 aliphatic rings. The third-order valence-electron chi connectivity index (χ3n) is 3.69. The van der Waals surface area contributed by atoms with Gasteiger partial charge in [0.25, 0.3) is 11.8 Å². The summed E-state index contributed by atoms with van der Waals surface area (Å²) in [6.07, 6.45) is 0. The standard InChI is InChI=1S/C19H19N5O2S2/c1-12-8-10-15(11-9-12)20-18-23-24-19(28-18)27-13(2)16(25)21-22-17(26)14-6-4-3-5-7-14/h3-11,13H,1-2H3,(H,20,23)(H,21,25)(H,22,26)/t13-/m0/s1. The fourth-order valence-electron chi connectivity index (χ4n) is 2.15. The minimum Gasteiger partial charge on any atom is -0.330 e. The monoisotopic (exact) mass is 413 g/mol. The molecule has 0 radical (unpaired) electrons. The van der Waals surface area contributed by atoms with E-state index in [0.29, 0.717) is 15.0 Å². The molecule has 0 unspecified atom stereocenters. The van der Waals surface area contributed by atoms with E-state index in [-0.39, 0.29) is 11.8 Å². The molecule has 2 amide bonds. The van der Waals surface area contributed by atoms with Gasteiger partial charge in [-0.1, -0.05) is 59.0 Å². The Bertz CT molecular complexity index is 944. The SMILES string of the molecule is Cc1ccc(Nc2nnc(S[C@@H](C)C(=O)NNC(=O)c3ccccc3)s2)cc1. The average molecular weight is 414 g/mol. The van der Waals surface area contributed by atoms with Gasteiger partial charge in [0.15, 0.2) is 4.34 Å². The Kier molecular flexibility index (Phi) is 6.62. The second-order valence-corrected chi connectivity index (χ2v) is 8.50. The minimum absolute atomic E-state index is 0.322. The third kappa shape index (κ3) is 5.54. The van der Waals surface area contributed by atoms with Crippen LogP contribution in [-0.4, -0.2) is 27.3 Å². The summed E-state index contributed by atoms with van der Waals surface area (Å²) in [5, 5.41) is 11.6. The molecule has 144 valence electrons. The van der Waals surface area contributed by atoms with Crippen LogP contribution < -0.4 is 16.2 Å². The van der Waals surface area contributed by atoms with E-state index in [2.05, 4.69) is 26.4 Å². The quantitative estimate of drug-likeness (QED) is 0.423. The number of carbonyl (C=O) groups is 2. The number of hydrazine groups is 1. The van der Waals surface area contributed by atoms with E-state index >= 15 is 0 Å². The van der Waals surface area contributed by atoms with Crippen LogP contribution in [0.4, 0.5) is 10.8 Å². The summed E-state index contributed by atoms with van der Waals surface area (Å²) in [5.74, 6) is -0.691.